The summed E-state index contributed by atoms with van der Waals surface area (Å²) in [4.78, 5) is 26.9. The van der Waals surface area contributed by atoms with E-state index >= 15 is 0 Å². The van der Waals surface area contributed by atoms with E-state index in [1.165, 1.54) is 12.1 Å². The molecule has 1 saturated heterocycles. The van der Waals surface area contributed by atoms with E-state index in [9.17, 15) is 18.4 Å². The lowest BCUT2D eigenvalue weighted by molar-refractivity contribution is -0.121. The molecule has 5 nitrogen and oxygen atoms in total. The molecule has 1 atom stereocenters. The van der Waals surface area contributed by atoms with Crippen molar-refractivity contribution in [1.82, 2.24) is 4.90 Å². The van der Waals surface area contributed by atoms with E-state index < -0.39 is 6.67 Å². The van der Waals surface area contributed by atoms with E-state index in [1.807, 2.05) is 41.3 Å². The number of amides is 1. The van der Waals surface area contributed by atoms with Gasteiger partial charge < -0.3 is 14.4 Å². The lowest BCUT2D eigenvalue weighted by Gasteiger charge is -2.37. The fourth-order valence-corrected chi connectivity index (χ4v) is 5.37. The van der Waals surface area contributed by atoms with Crippen LogP contribution < -0.4 is 9.47 Å². The van der Waals surface area contributed by atoms with Crippen LogP contribution in [0.3, 0.4) is 0 Å². The summed E-state index contributed by atoms with van der Waals surface area (Å²) in [7, 11) is 0. The number of carbonyl (C=O) groups is 2. The summed E-state index contributed by atoms with van der Waals surface area (Å²) in [5, 5.41) is 0. The Hall–Kier alpha value is -3.74. The Kier molecular flexibility index (Phi) is 7.49. The first kappa shape index (κ1) is 24.9. The molecule has 0 bridgehead atoms. The van der Waals surface area contributed by atoms with Crippen molar-refractivity contribution in [3.05, 3.63) is 94.8 Å². The SMILES string of the molecule is O=C1COc2ccc(C(=O)N3CCC([C@@H](c4ccc(F)cc4)c4ccc(OCCF)cc4)CC3)cc2C1. The van der Waals surface area contributed by atoms with E-state index in [0.717, 1.165) is 29.5 Å². The number of Topliss-reactive ketones (excluding diaryl/α,β-unsaturated/α-hetero) is 1. The molecule has 2 aliphatic heterocycles. The molecule has 2 heterocycles. The minimum atomic E-state index is -0.547. The standard InChI is InChI=1S/C30H29F2NO4/c31-13-16-36-27-8-3-21(4-9-27)29(20-1-6-25(32)7-2-20)22-11-14-33(15-12-22)30(35)23-5-10-28-24(17-23)18-26(34)19-37-28/h1-10,17,22,29H,11-16,18-19H2/t29-/m0/s1. The van der Waals surface area contributed by atoms with Crippen LogP contribution in [-0.4, -0.2) is 49.6 Å². The van der Waals surface area contributed by atoms with Crippen LogP contribution in [0.1, 0.15) is 45.8 Å². The van der Waals surface area contributed by atoms with Crippen molar-refractivity contribution in [1.29, 1.82) is 0 Å². The van der Waals surface area contributed by atoms with Crippen LogP contribution in [0.4, 0.5) is 8.78 Å². The van der Waals surface area contributed by atoms with E-state index in [0.29, 0.717) is 30.2 Å². The molecule has 0 saturated carbocycles. The van der Waals surface area contributed by atoms with Gasteiger partial charge in [-0.05, 0) is 72.4 Å². The highest BCUT2D eigenvalue weighted by Crippen LogP contribution is 2.39. The number of hydrogen-bond donors (Lipinski definition) is 0. The van der Waals surface area contributed by atoms with Crippen molar-refractivity contribution in [3.63, 3.8) is 0 Å². The number of alkyl halides is 1. The number of carbonyl (C=O) groups excluding carboxylic acids is 2. The zero-order valence-electron chi connectivity index (χ0n) is 20.5. The number of nitrogens with zero attached hydrogens (tertiary/aromatic N) is 1. The van der Waals surface area contributed by atoms with Gasteiger partial charge in [0.2, 0.25) is 0 Å². The molecule has 37 heavy (non-hydrogen) atoms. The summed E-state index contributed by atoms with van der Waals surface area (Å²) in [6.07, 6.45) is 1.87. The average molecular weight is 506 g/mol. The molecule has 1 amide bonds. The molecule has 0 radical (unpaired) electrons. The summed E-state index contributed by atoms with van der Waals surface area (Å²) in [5.74, 6) is 1.23. The number of hydrogen-bond acceptors (Lipinski definition) is 4. The molecule has 0 unspecified atom stereocenters. The van der Waals surface area contributed by atoms with Gasteiger partial charge in [-0.25, -0.2) is 8.78 Å². The third-order valence-corrected chi connectivity index (χ3v) is 7.20. The van der Waals surface area contributed by atoms with Gasteiger partial charge in [0.1, 0.15) is 37.2 Å². The predicted molar refractivity (Wildman–Crippen MR) is 135 cm³/mol. The molecule has 1 fully saturated rings. The van der Waals surface area contributed by atoms with Crippen molar-refractivity contribution in [2.75, 3.05) is 33.0 Å². The molecule has 192 valence electrons. The fourth-order valence-electron chi connectivity index (χ4n) is 5.37. The number of ketones is 1. The molecule has 3 aromatic carbocycles. The smallest absolute Gasteiger partial charge is 0.253 e. The van der Waals surface area contributed by atoms with Gasteiger partial charge in [0, 0.05) is 36.6 Å². The lowest BCUT2D eigenvalue weighted by atomic mass is 9.76. The van der Waals surface area contributed by atoms with Gasteiger partial charge in [-0.3, -0.25) is 9.59 Å². The molecule has 7 heteroatoms. The Morgan fingerprint density at radius 2 is 1.68 bits per heavy atom. The second kappa shape index (κ2) is 11.1. The Balaban J connectivity index is 1.31. The second-order valence-electron chi connectivity index (χ2n) is 9.59. The summed E-state index contributed by atoms with van der Waals surface area (Å²) in [5.41, 5.74) is 3.41. The zero-order valence-corrected chi connectivity index (χ0v) is 20.5. The molecular weight excluding hydrogens is 476 g/mol. The second-order valence-corrected chi connectivity index (χ2v) is 9.59. The highest BCUT2D eigenvalue weighted by molar-refractivity contribution is 5.95. The number of likely N-dealkylation sites (tertiary alicyclic amines) is 1. The molecule has 0 N–H and O–H groups in total. The Labute approximate surface area is 215 Å². The number of piperidine rings is 1. The van der Waals surface area contributed by atoms with Crippen LogP contribution in [0, 0.1) is 11.7 Å². The summed E-state index contributed by atoms with van der Waals surface area (Å²) >= 11 is 0. The van der Waals surface area contributed by atoms with Crippen molar-refractivity contribution in [3.8, 4) is 11.5 Å². The molecule has 3 aromatic rings. The van der Waals surface area contributed by atoms with Crippen molar-refractivity contribution in [2.45, 2.75) is 25.2 Å². The molecule has 0 aliphatic carbocycles. The maximum atomic E-state index is 13.7. The summed E-state index contributed by atoms with van der Waals surface area (Å²) in [6, 6.07) is 19.5. The van der Waals surface area contributed by atoms with Gasteiger partial charge in [0.05, 0.1) is 0 Å². The Bertz CT molecular complexity index is 1250. The lowest BCUT2D eigenvalue weighted by Crippen LogP contribution is -2.40. The topological polar surface area (TPSA) is 55.8 Å². The minimum absolute atomic E-state index is 0.00626. The van der Waals surface area contributed by atoms with Crippen LogP contribution >= 0.6 is 0 Å². The van der Waals surface area contributed by atoms with Crippen LogP contribution in [0.5, 0.6) is 11.5 Å². The molecule has 2 aliphatic rings. The van der Waals surface area contributed by atoms with Crippen LogP contribution in [0.25, 0.3) is 0 Å². The van der Waals surface area contributed by atoms with Gasteiger partial charge in [0.25, 0.3) is 5.91 Å². The maximum absolute atomic E-state index is 13.7. The highest BCUT2D eigenvalue weighted by atomic mass is 19.1. The quantitative estimate of drug-likeness (QED) is 0.434. The van der Waals surface area contributed by atoms with Gasteiger partial charge in [-0.1, -0.05) is 24.3 Å². The first-order chi connectivity index (χ1) is 18.0. The molecule has 0 aromatic heterocycles. The zero-order chi connectivity index (χ0) is 25.8. The first-order valence-corrected chi connectivity index (χ1v) is 12.6. The predicted octanol–water partition coefficient (Wildman–Crippen LogP) is 5.36. The number of benzene rings is 3. The normalized spacial score (nSPS) is 16.6. The van der Waals surface area contributed by atoms with E-state index in [2.05, 4.69) is 0 Å². The van der Waals surface area contributed by atoms with E-state index in [1.54, 1.807) is 18.2 Å². The monoisotopic (exact) mass is 505 g/mol. The average Bonchev–Trinajstić information content (AvgIpc) is 2.93. The Morgan fingerprint density at radius 1 is 1.00 bits per heavy atom. The number of rotatable bonds is 7. The molecule has 5 rings (SSSR count). The van der Waals surface area contributed by atoms with Crippen LogP contribution in [-0.2, 0) is 11.2 Å². The highest BCUT2D eigenvalue weighted by Gasteiger charge is 2.31. The van der Waals surface area contributed by atoms with Gasteiger partial charge >= 0.3 is 0 Å². The first-order valence-electron chi connectivity index (χ1n) is 12.6. The van der Waals surface area contributed by atoms with E-state index in [-0.39, 0.29) is 49.0 Å². The third-order valence-electron chi connectivity index (χ3n) is 7.20. The number of fused-ring (bicyclic) bond motifs is 1. The van der Waals surface area contributed by atoms with Gasteiger partial charge in [-0.15, -0.1) is 0 Å². The molecule has 0 spiro atoms. The third kappa shape index (κ3) is 5.66. The fraction of sp³-hybridized carbons (Fsp3) is 0.333. The maximum Gasteiger partial charge on any atom is 0.253 e. The number of halogens is 2. The van der Waals surface area contributed by atoms with Crippen LogP contribution in [0.2, 0.25) is 0 Å². The minimum Gasteiger partial charge on any atom is -0.491 e. The van der Waals surface area contributed by atoms with Gasteiger partial charge in [-0.2, -0.15) is 0 Å². The van der Waals surface area contributed by atoms with Crippen molar-refractivity contribution >= 4 is 11.7 Å². The summed E-state index contributed by atoms with van der Waals surface area (Å²) in [6.45, 7) is 0.753. The van der Waals surface area contributed by atoms with Crippen molar-refractivity contribution in [2.24, 2.45) is 5.92 Å². The summed E-state index contributed by atoms with van der Waals surface area (Å²) < 4.78 is 37.0. The number of ether oxygens (including phenoxy) is 2. The van der Waals surface area contributed by atoms with Crippen molar-refractivity contribution < 1.29 is 27.8 Å². The van der Waals surface area contributed by atoms with Crippen LogP contribution in [0.15, 0.2) is 66.7 Å². The van der Waals surface area contributed by atoms with E-state index in [4.69, 9.17) is 9.47 Å². The Morgan fingerprint density at radius 3 is 2.35 bits per heavy atom. The largest absolute Gasteiger partial charge is 0.491 e. The van der Waals surface area contributed by atoms with Gasteiger partial charge in [0.15, 0.2) is 5.78 Å². The molecular formula is C30H29F2NO4.